The highest BCUT2D eigenvalue weighted by Crippen LogP contribution is 2.23. The highest BCUT2D eigenvalue weighted by Gasteiger charge is 2.17. The largest absolute Gasteiger partial charge is 0.455 e. The molecule has 0 saturated carbocycles. The van der Waals surface area contributed by atoms with Crippen molar-refractivity contribution in [3.05, 3.63) is 41.2 Å². The minimum absolute atomic E-state index is 0.160. The first-order valence-corrected chi connectivity index (χ1v) is 8.32. The van der Waals surface area contributed by atoms with Gasteiger partial charge < -0.3 is 4.74 Å². The molecule has 0 saturated heterocycles. The van der Waals surface area contributed by atoms with Gasteiger partial charge in [0, 0.05) is 23.2 Å². The molecule has 1 unspecified atom stereocenters. The second-order valence-corrected chi connectivity index (χ2v) is 6.26. The van der Waals surface area contributed by atoms with Crippen LogP contribution < -0.4 is 0 Å². The average Bonchev–Trinajstić information content (AvgIpc) is 2.93. The molecule has 2 aromatic heterocycles. The van der Waals surface area contributed by atoms with Crippen molar-refractivity contribution in [2.75, 3.05) is 0 Å². The van der Waals surface area contributed by atoms with E-state index in [0.29, 0.717) is 6.42 Å². The molecule has 0 radical (unpaired) electrons. The van der Waals surface area contributed by atoms with Gasteiger partial charge in [-0.15, -0.1) is 0 Å². The highest BCUT2D eigenvalue weighted by atomic mass is 16.5. The average molecular weight is 339 g/mol. The van der Waals surface area contributed by atoms with E-state index >= 15 is 0 Å². The summed E-state index contributed by atoms with van der Waals surface area (Å²) in [5, 5.41) is 5.62. The summed E-state index contributed by atoms with van der Waals surface area (Å²) in [7, 11) is 0. The predicted octanol–water partition coefficient (Wildman–Crippen LogP) is 2.95. The smallest absolute Gasteiger partial charge is 0.306 e. The Morgan fingerprint density at radius 3 is 2.68 bits per heavy atom. The number of aromatic nitrogens is 3. The van der Waals surface area contributed by atoms with Gasteiger partial charge in [-0.05, 0) is 51.8 Å². The third-order valence-electron chi connectivity index (χ3n) is 4.48. The topological polar surface area (TPSA) is 73.6 Å². The van der Waals surface area contributed by atoms with E-state index in [1.54, 1.807) is 6.92 Å². The van der Waals surface area contributed by atoms with Gasteiger partial charge in [-0.3, -0.25) is 9.59 Å². The maximum absolute atomic E-state index is 11.9. The minimum atomic E-state index is -0.702. The molecule has 1 aromatic carbocycles. The van der Waals surface area contributed by atoms with Gasteiger partial charge in [-0.25, -0.2) is 9.50 Å². The Kier molecular flexibility index (Phi) is 4.53. The molecular formula is C19H21N3O3. The molecule has 0 fully saturated rings. The summed E-state index contributed by atoms with van der Waals surface area (Å²) >= 11 is 0. The normalized spacial score (nSPS) is 12.5. The monoisotopic (exact) mass is 339 g/mol. The number of esters is 1. The standard InChI is InChI=1S/C19H21N3O3/c1-11-15(9-10-18(24)25-14(4)13(3)23)12(2)22-19(20-11)16-7-5-6-8-17(16)21-22/h5-8,14H,9-10H2,1-4H3. The van der Waals surface area contributed by atoms with E-state index in [9.17, 15) is 9.59 Å². The molecule has 0 N–H and O–H groups in total. The Bertz CT molecular complexity index is 975. The summed E-state index contributed by atoms with van der Waals surface area (Å²) in [6, 6.07) is 7.88. The van der Waals surface area contributed by atoms with E-state index in [4.69, 9.17) is 4.74 Å². The number of ether oxygens (including phenoxy) is 1. The fourth-order valence-electron chi connectivity index (χ4n) is 2.90. The first-order valence-electron chi connectivity index (χ1n) is 8.32. The van der Waals surface area contributed by atoms with Crippen molar-refractivity contribution in [2.45, 2.75) is 46.6 Å². The number of carbonyl (C=O) groups excluding carboxylic acids is 2. The number of hydrogen-bond donors (Lipinski definition) is 0. The van der Waals surface area contributed by atoms with Crippen LogP contribution >= 0.6 is 0 Å². The fourth-order valence-corrected chi connectivity index (χ4v) is 2.90. The third kappa shape index (κ3) is 3.24. The third-order valence-corrected chi connectivity index (χ3v) is 4.48. The summed E-state index contributed by atoms with van der Waals surface area (Å²) in [5.41, 5.74) is 4.54. The van der Waals surface area contributed by atoms with E-state index < -0.39 is 6.10 Å². The molecule has 0 aliphatic rings. The summed E-state index contributed by atoms with van der Waals surface area (Å²) in [4.78, 5) is 27.8. The zero-order valence-corrected chi connectivity index (χ0v) is 14.9. The molecule has 6 heteroatoms. The second-order valence-electron chi connectivity index (χ2n) is 6.26. The van der Waals surface area contributed by atoms with Crippen LogP contribution in [0.1, 0.15) is 37.2 Å². The van der Waals surface area contributed by atoms with E-state index in [-0.39, 0.29) is 18.2 Å². The maximum Gasteiger partial charge on any atom is 0.306 e. The summed E-state index contributed by atoms with van der Waals surface area (Å²) in [6.45, 7) is 6.91. The summed E-state index contributed by atoms with van der Waals surface area (Å²) in [5.74, 6) is -0.542. The van der Waals surface area contributed by atoms with Gasteiger partial charge in [-0.1, -0.05) is 12.1 Å². The van der Waals surface area contributed by atoms with Crippen molar-refractivity contribution in [2.24, 2.45) is 0 Å². The van der Waals surface area contributed by atoms with Gasteiger partial charge in [0.1, 0.15) is 0 Å². The van der Waals surface area contributed by atoms with E-state index in [1.807, 2.05) is 42.6 Å². The molecule has 2 heterocycles. The lowest BCUT2D eigenvalue weighted by Crippen LogP contribution is -2.22. The Labute approximate surface area is 145 Å². The molecule has 6 nitrogen and oxygen atoms in total. The Morgan fingerprint density at radius 1 is 1.24 bits per heavy atom. The van der Waals surface area contributed by atoms with Crippen LogP contribution in [0.3, 0.4) is 0 Å². The number of fused-ring (bicyclic) bond motifs is 3. The van der Waals surface area contributed by atoms with Gasteiger partial charge in [-0.2, -0.15) is 5.10 Å². The summed E-state index contributed by atoms with van der Waals surface area (Å²) in [6.07, 6.45) is -0.000187. The second kappa shape index (κ2) is 6.63. The van der Waals surface area contributed by atoms with Gasteiger partial charge in [0.25, 0.3) is 0 Å². The quantitative estimate of drug-likeness (QED) is 0.668. The van der Waals surface area contributed by atoms with Crippen LogP contribution in [-0.4, -0.2) is 32.5 Å². The Hall–Kier alpha value is -2.76. The highest BCUT2D eigenvalue weighted by molar-refractivity contribution is 5.92. The van der Waals surface area contributed by atoms with Crippen LogP contribution in [0.2, 0.25) is 0 Å². The van der Waals surface area contributed by atoms with Crippen molar-refractivity contribution >= 4 is 28.3 Å². The predicted molar refractivity (Wildman–Crippen MR) is 94.5 cm³/mol. The Morgan fingerprint density at radius 2 is 1.96 bits per heavy atom. The van der Waals surface area contributed by atoms with Crippen LogP contribution in [0.5, 0.6) is 0 Å². The van der Waals surface area contributed by atoms with Crippen LogP contribution in [-0.2, 0) is 20.7 Å². The van der Waals surface area contributed by atoms with Crippen LogP contribution in [0.15, 0.2) is 24.3 Å². The van der Waals surface area contributed by atoms with E-state index in [1.165, 1.54) is 6.92 Å². The van der Waals surface area contributed by atoms with Crippen molar-refractivity contribution < 1.29 is 14.3 Å². The van der Waals surface area contributed by atoms with Gasteiger partial charge >= 0.3 is 5.97 Å². The minimum Gasteiger partial charge on any atom is -0.455 e. The number of nitrogens with zero attached hydrogens (tertiary/aromatic N) is 3. The molecule has 0 bridgehead atoms. The molecule has 3 aromatic rings. The number of benzene rings is 1. The number of rotatable bonds is 5. The van der Waals surface area contributed by atoms with Gasteiger partial charge in [0.2, 0.25) is 0 Å². The molecule has 0 aliphatic carbocycles. The Balaban J connectivity index is 1.88. The molecule has 0 spiro atoms. The van der Waals surface area contributed by atoms with Crippen molar-refractivity contribution in [3.63, 3.8) is 0 Å². The molecule has 0 amide bonds. The van der Waals surface area contributed by atoms with Crippen molar-refractivity contribution in [3.8, 4) is 0 Å². The van der Waals surface area contributed by atoms with Gasteiger partial charge in [0.15, 0.2) is 17.5 Å². The van der Waals surface area contributed by atoms with E-state index in [0.717, 1.165) is 33.5 Å². The molecule has 25 heavy (non-hydrogen) atoms. The zero-order valence-electron chi connectivity index (χ0n) is 14.9. The first kappa shape index (κ1) is 17.1. The number of hydrogen-bond acceptors (Lipinski definition) is 5. The first-order chi connectivity index (χ1) is 11.9. The van der Waals surface area contributed by atoms with Crippen LogP contribution in [0.25, 0.3) is 16.6 Å². The lowest BCUT2D eigenvalue weighted by molar-refractivity contribution is -0.153. The SMILES string of the molecule is CC(=O)C(C)OC(=O)CCc1c(C)nc2c3ccccc3nn2c1C. The summed E-state index contributed by atoms with van der Waals surface area (Å²) < 4.78 is 6.95. The van der Waals surface area contributed by atoms with Crippen molar-refractivity contribution in [1.29, 1.82) is 0 Å². The maximum atomic E-state index is 11.9. The number of carbonyl (C=O) groups is 2. The van der Waals surface area contributed by atoms with Gasteiger partial charge in [0.05, 0.1) is 5.52 Å². The van der Waals surface area contributed by atoms with Crippen LogP contribution in [0, 0.1) is 13.8 Å². The number of aryl methyl sites for hydroxylation is 2. The molecule has 1 atom stereocenters. The molecular weight excluding hydrogens is 318 g/mol. The molecule has 3 rings (SSSR count). The van der Waals surface area contributed by atoms with E-state index in [2.05, 4.69) is 10.1 Å². The molecule has 130 valence electrons. The van der Waals surface area contributed by atoms with Crippen molar-refractivity contribution in [1.82, 2.24) is 14.6 Å². The lowest BCUT2D eigenvalue weighted by atomic mass is 10.1. The number of ketones is 1. The lowest BCUT2D eigenvalue weighted by Gasteiger charge is -2.12. The number of Topliss-reactive ketones (excluding diaryl/α,β-unsaturated/α-hetero) is 1. The fraction of sp³-hybridized carbons (Fsp3) is 0.368. The molecule has 0 aliphatic heterocycles. The zero-order chi connectivity index (χ0) is 18.1. The van der Waals surface area contributed by atoms with Crippen LogP contribution in [0.4, 0.5) is 0 Å².